The second kappa shape index (κ2) is 3.47. The van der Waals surface area contributed by atoms with Crippen LogP contribution in [0, 0.1) is 0 Å². The molecule has 0 aliphatic heterocycles. The Morgan fingerprint density at radius 1 is 1.46 bits per heavy atom. The average molecular weight is 176 g/mol. The van der Waals surface area contributed by atoms with Crippen molar-refractivity contribution in [3.05, 3.63) is 24.5 Å². The van der Waals surface area contributed by atoms with Crippen molar-refractivity contribution in [3.8, 4) is 5.75 Å². The molecule has 0 unspecified atom stereocenters. The minimum Gasteiger partial charge on any atom is -0.494 e. The van der Waals surface area contributed by atoms with Crippen LogP contribution in [0.1, 0.15) is 13.3 Å². The summed E-state index contributed by atoms with van der Waals surface area (Å²) in [4.78, 5) is 7.17. The number of imidazole rings is 1. The van der Waals surface area contributed by atoms with Crippen molar-refractivity contribution in [1.29, 1.82) is 0 Å². The molecule has 0 amide bonds. The van der Waals surface area contributed by atoms with Crippen LogP contribution in [0.5, 0.6) is 5.75 Å². The number of aromatic amines is 1. The van der Waals surface area contributed by atoms with Crippen LogP contribution in [0.4, 0.5) is 0 Å². The Balaban J connectivity index is 2.26. The molecule has 0 aliphatic rings. The lowest BCUT2D eigenvalue weighted by Crippen LogP contribution is -1.94. The first kappa shape index (κ1) is 8.10. The first-order valence-electron chi connectivity index (χ1n) is 4.46. The molecule has 2 aromatic rings. The Morgan fingerprint density at radius 2 is 2.38 bits per heavy atom. The van der Waals surface area contributed by atoms with E-state index in [0.29, 0.717) is 0 Å². The first-order chi connectivity index (χ1) is 6.40. The molecule has 68 valence electrons. The smallest absolute Gasteiger partial charge is 0.121 e. The molecule has 3 heteroatoms. The van der Waals surface area contributed by atoms with Crippen LogP contribution in [-0.4, -0.2) is 16.6 Å². The molecule has 0 bridgehead atoms. The summed E-state index contributed by atoms with van der Waals surface area (Å²) in [5.41, 5.74) is 2.00. The molecule has 1 aromatic heterocycles. The Morgan fingerprint density at radius 3 is 3.23 bits per heavy atom. The van der Waals surface area contributed by atoms with E-state index in [0.717, 1.165) is 29.8 Å². The van der Waals surface area contributed by atoms with Gasteiger partial charge < -0.3 is 9.72 Å². The topological polar surface area (TPSA) is 37.9 Å². The van der Waals surface area contributed by atoms with Crippen LogP contribution in [-0.2, 0) is 0 Å². The Kier molecular flexibility index (Phi) is 2.17. The number of hydrogen-bond acceptors (Lipinski definition) is 2. The van der Waals surface area contributed by atoms with E-state index >= 15 is 0 Å². The monoisotopic (exact) mass is 176 g/mol. The van der Waals surface area contributed by atoms with E-state index in [1.54, 1.807) is 6.33 Å². The number of aromatic nitrogens is 2. The van der Waals surface area contributed by atoms with Crippen molar-refractivity contribution < 1.29 is 4.74 Å². The van der Waals surface area contributed by atoms with Gasteiger partial charge in [-0.25, -0.2) is 4.98 Å². The van der Waals surface area contributed by atoms with Crippen molar-refractivity contribution in [3.63, 3.8) is 0 Å². The minimum atomic E-state index is 0.764. The Labute approximate surface area is 76.8 Å². The van der Waals surface area contributed by atoms with Crippen molar-refractivity contribution in [1.82, 2.24) is 9.97 Å². The van der Waals surface area contributed by atoms with E-state index in [4.69, 9.17) is 4.74 Å². The Hall–Kier alpha value is -1.51. The van der Waals surface area contributed by atoms with E-state index < -0.39 is 0 Å². The van der Waals surface area contributed by atoms with Gasteiger partial charge >= 0.3 is 0 Å². The van der Waals surface area contributed by atoms with Gasteiger partial charge in [-0.15, -0.1) is 0 Å². The summed E-state index contributed by atoms with van der Waals surface area (Å²) < 4.78 is 5.48. The van der Waals surface area contributed by atoms with Crippen LogP contribution in [0.2, 0.25) is 0 Å². The molecule has 0 aliphatic carbocycles. The lowest BCUT2D eigenvalue weighted by Gasteiger charge is -2.02. The molecule has 1 N–H and O–H groups in total. The highest BCUT2D eigenvalue weighted by molar-refractivity contribution is 5.75. The maximum absolute atomic E-state index is 5.48. The molecule has 0 spiro atoms. The lowest BCUT2D eigenvalue weighted by molar-refractivity contribution is 0.318. The molecule has 0 saturated carbocycles. The second-order valence-corrected chi connectivity index (χ2v) is 2.93. The summed E-state index contributed by atoms with van der Waals surface area (Å²) in [5, 5.41) is 0. The fourth-order valence-corrected chi connectivity index (χ4v) is 1.22. The van der Waals surface area contributed by atoms with Crippen molar-refractivity contribution in [2.75, 3.05) is 6.61 Å². The third-order valence-electron chi connectivity index (χ3n) is 1.86. The quantitative estimate of drug-likeness (QED) is 0.779. The highest BCUT2D eigenvalue weighted by Crippen LogP contribution is 2.17. The molecule has 0 fully saturated rings. The average Bonchev–Trinajstić information content (AvgIpc) is 2.61. The summed E-state index contributed by atoms with van der Waals surface area (Å²) in [6, 6.07) is 5.87. The molecule has 1 heterocycles. The molecule has 0 saturated heterocycles. The van der Waals surface area contributed by atoms with E-state index in [1.165, 1.54) is 0 Å². The zero-order valence-corrected chi connectivity index (χ0v) is 7.58. The lowest BCUT2D eigenvalue weighted by atomic mass is 10.3. The van der Waals surface area contributed by atoms with Gasteiger partial charge in [0.2, 0.25) is 0 Å². The molecular weight excluding hydrogens is 164 g/mol. The van der Waals surface area contributed by atoms with Gasteiger partial charge in [0.25, 0.3) is 0 Å². The third-order valence-corrected chi connectivity index (χ3v) is 1.86. The van der Waals surface area contributed by atoms with Gasteiger partial charge in [0.05, 0.1) is 24.0 Å². The van der Waals surface area contributed by atoms with Crippen LogP contribution in [0.15, 0.2) is 24.5 Å². The maximum Gasteiger partial charge on any atom is 0.121 e. The van der Waals surface area contributed by atoms with Gasteiger partial charge in [0.15, 0.2) is 0 Å². The van der Waals surface area contributed by atoms with E-state index in [2.05, 4.69) is 16.9 Å². The van der Waals surface area contributed by atoms with Gasteiger partial charge in [-0.3, -0.25) is 0 Å². The number of nitrogens with zero attached hydrogens (tertiary/aromatic N) is 1. The largest absolute Gasteiger partial charge is 0.494 e. The van der Waals surface area contributed by atoms with Crippen LogP contribution in [0.25, 0.3) is 11.0 Å². The van der Waals surface area contributed by atoms with Crippen LogP contribution in [0.3, 0.4) is 0 Å². The third kappa shape index (κ3) is 1.64. The van der Waals surface area contributed by atoms with Gasteiger partial charge in [0, 0.05) is 6.07 Å². The van der Waals surface area contributed by atoms with Crippen LogP contribution < -0.4 is 4.74 Å². The predicted molar refractivity (Wildman–Crippen MR) is 51.9 cm³/mol. The summed E-state index contributed by atoms with van der Waals surface area (Å²) in [6.07, 6.45) is 2.72. The van der Waals surface area contributed by atoms with Crippen molar-refractivity contribution in [2.45, 2.75) is 13.3 Å². The number of ether oxygens (including phenoxy) is 1. The van der Waals surface area contributed by atoms with Crippen LogP contribution >= 0.6 is 0 Å². The van der Waals surface area contributed by atoms with Crippen molar-refractivity contribution >= 4 is 11.0 Å². The highest BCUT2D eigenvalue weighted by Gasteiger charge is 1.97. The molecular formula is C10H12N2O. The predicted octanol–water partition coefficient (Wildman–Crippen LogP) is 2.35. The molecule has 2 rings (SSSR count). The first-order valence-corrected chi connectivity index (χ1v) is 4.46. The highest BCUT2D eigenvalue weighted by atomic mass is 16.5. The summed E-state index contributed by atoms with van der Waals surface area (Å²) >= 11 is 0. The SMILES string of the molecule is CCCOc1ccc2nc[nH]c2c1. The van der Waals surface area contributed by atoms with Gasteiger partial charge in [-0.2, -0.15) is 0 Å². The zero-order valence-electron chi connectivity index (χ0n) is 7.58. The normalized spacial score (nSPS) is 10.5. The van der Waals surface area contributed by atoms with Gasteiger partial charge in [-0.1, -0.05) is 6.92 Å². The van der Waals surface area contributed by atoms with Crippen molar-refractivity contribution in [2.24, 2.45) is 0 Å². The summed E-state index contributed by atoms with van der Waals surface area (Å²) in [7, 11) is 0. The number of benzene rings is 1. The molecule has 13 heavy (non-hydrogen) atoms. The molecule has 0 radical (unpaired) electrons. The molecule has 1 aromatic carbocycles. The van der Waals surface area contributed by atoms with E-state index in [1.807, 2.05) is 18.2 Å². The molecule has 3 nitrogen and oxygen atoms in total. The fraction of sp³-hybridized carbons (Fsp3) is 0.300. The number of hydrogen-bond donors (Lipinski definition) is 1. The number of rotatable bonds is 3. The number of fused-ring (bicyclic) bond motifs is 1. The Bertz CT molecular complexity index is 394. The van der Waals surface area contributed by atoms with E-state index in [9.17, 15) is 0 Å². The molecule has 0 atom stereocenters. The maximum atomic E-state index is 5.48. The second-order valence-electron chi connectivity index (χ2n) is 2.93. The zero-order chi connectivity index (χ0) is 9.10. The number of nitrogens with one attached hydrogen (secondary N) is 1. The van der Waals surface area contributed by atoms with Gasteiger partial charge in [0.1, 0.15) is 5.75 Å². The number of H-pyrrole nitrogens is 1. The van der Waals surface area contributed by atoms with Gasteiger partial charge in [-0.05, 0) is 18.6 Å². The van der Waals surface area contributed by atoms with E-state index in [-0.39, 0.29) is 0 Å². The minimum absolute atomic E-state index is 0.764. The fourth-order valence-electron chi connectivity index (χ4n) is 1.22. The standard InChI is InChI=1S/C10H12N2O/c1-2-5-13-8-3-4-9-10(6-8)12-7-11-9/h3-4,6-7H,2,5H2,1H3,(H,11,12). The summed E-state index contributed by atoms with van der Waals surface area (Å²) in [6.45, 7) is 2.86. The summed E-state index contributed by atoms with van der Waals surface area (Å²) in [5.74, 6) is 0.901.